The van der Waals surface area contributed by atoms with Crippen LogP contribution in [-0.4, -0.2) is 21.6 Å². The first-order valence-electron chi connectivity index (χ1n) is 9.27. The first-order chi connectivity index (χ1) is 14.5. The van der Waals surface area contributed by atoms with E-state index in [0.717, 1.165) is 39.4 Å². The molecule has 4 aromatic rings. The van der Waals surface area contributed by atoms with E-state index in [4.69, 9.17) is 16.3 Å². The van der Waals surface area contributed by atoms with Crippen LogP contribution in [0.15, 0.2) is 58.6 Å². The zero-order valence-electron chi connectivity index (χ0n) is 16.7. The summed E-state index contributed by atoms with van der Waals surface area (Å²) in [4.78, 5) is 8.34. The van der Waals surface area contributed by atoms with Crippen LogP contribution in [0.2, 0.25) is 5.02 Å². The number of para-hydroxylation sites is 2. The van der Waals surface area contributed by atoms with Crippen molar-refractivity contribution in [2.75, 3.05) is 7.11 Å². The van der Waals surface area contributed by atoms with Gasteiger partial charge in [-0.25, -0.2) is 4.98 Å². The molecule has 0 spiro atoms. The van der Waals surface area contributed by atoms with Crippen molar-refractivity contribution >= 4 is 40.5 Å². The first kappa shape index (κ1) is 20.1. The van der Waals surface area contributed by atoms with Gasteiger partial charge in [0.25, 0.3) is 0 Å². The highest BCUT2D eigenvalue weighted by Gasteiger charge is 2.15. The maximum Gasteiger partial charge on any atom is 0.171 e. The van der Waals surface area contributed by atoms with Crippen LogP contribution in [0.4, 0.5) is 0 Å². The van der Waals surface area contributed by atoms with Gasteiger partial charge in [0.1, 0.15) is 11.8 Å². The Hall–Kier alpha value is -3.14. The zero-order valence-corrected chi connectivity index (χ0v) is 18.3. The van der Waals surface area contributed by atoms with Crippen LogP contribution < -0.4 is 4.74 Å². The van der Waals surface area contributed by atoms with Gasteiger partial charge in [-0.2, -0.15) is 5.26 Å². The van der Waals surface area contributed by atoms with Gasteiger partial charge in [0.15, 0.2) is 5.16 Å². The Bertz CT molecular complexity index is 1280. The smallest absolute Gasteiger partial charge is 0.171 e. The third-order valence-corrected chi connectivity index (χ3v) is 5.87. The lowest BCUT2D eigenvalue weighted by Gasteiger charge is -2.14. The van der Waals surface area contributed by atoms with Crippen molar-refractivity contribution in [1.82, 2.24) is 14.5 Å². The quantitative estimate of drug-likeness (QED) is 0.296. The monoisotopic (exact) mass is 434 g/mol. The highest BCUT2D eigenvalue weighted by molar-refractivity contribution is 8.03. The molecule has 0 radical (unpaired) electrons. The average Bonchev–Trinajstić information content (AvgIpc) is 3.27. The molecule has 4 rings (SSSR count). The molecule has 0 aliphatic heterocycles. The van der Waals surface area contributed by atoms with E-state index in [0.29, 0.717) is 15.1 Å². The Morgan fingerprint density at radius 2 is 2.03 bits per heavy atom. The van der Waals surface area contributed by atoms with E-state index in [1.54, 1.807) is 13.2 Å². The molecule has 0 aliphatic carbocycles. The predicted octanol–water partition coefficient (Wildman–Crippen LogP) is 6.29. The van der Waals surface area contributed by atoms with Gasteiger partial charge in [0, 0.05) is 16.4 Å². The number of aromatic nitrogens is 3. The number of nitriles is 1. The lowest BCUT2D eigenvalue weighted by Crippen LogP contribution is -2.02. The number of benzene rings is 2. The summed E-state index contributed by atoms with van der Waals surface area (Å²) < 4.78 is 7.60. The maximum atomic E-state index is 9.70. The minimum Gasteiger partial charge on any atom is -0.495 e. The lowest BCUT2D eigenvalue weighted by atomic mass is 10.2. The summed E-state index contributed by atoms with van der Waals surface area (Å²) in [6.07, 6.45) is 1.88. The zero-order chi connectivity index (χ0) is 21.3. The number of nitrogens with zero attached hydrogens (tertiary/aromatic N) is 3. The average molecular weight is 435 g/mol. The molecule has 0 bridgehead atoms. The molecular weight excluding hydrogens is 416 g/mol. The Labute approximate surface area is 184 Å². The van der Waals surface area contributed by atoms with Crippen LogP contribution in [-0.2, 0) is 0 Å². The maximum absolute atomic E-state index is 9.70. The number of ether oxygens (including phenoxy) is 1. The Morgan fingerprint density at radius 3 is 2.77 bits per heavy atom. The third kappa shape index (κ3) is 3.82. The molecule has 0 unspecified atom stereocenters. The minimum absolute atomic E-state index is 0.548. The lowest BCUT2D eigenvalue weighted by molar-refractivity contribution is 0.412. The summed E-state index contributed by atoms with van der Waals surface area (Å²) in [5.41, 5.74) is 5.65. The molecule has 150 valence electrons. The molecule has 0 atom stereocenters. The number of imidazole rings is 1. The molecule has 0 amide bonds. The minimum atomic E-state index is 0.548. The summed E-state index contributed by atoms with van der Waals surface area (Å²) in [5.74, 6) is 0.730. The molecular formula is C23H19ClN4OS. The third-order valence-electron chi connectivity index (χ3n) is 4.82. The molecule has 0 saturated heterocycles. The molecule has 2 aromatic carbocycles. The van der Waals surface area contributed by atoms with Crippen molar-refractivity contribution in [3.05, 3.63) is 75.4 Å². The molecule has 2 heterocycles. The molecule has 1 N–H and O–H groups in total. The molecule has 5 nitrogen and oxygen atoms in total. The van der Waals surface area contributed by atoms with Crippen molar-refractivity contribution in [1.29, 1.82) is 5.26 Å². The Morgan fingerprint density at radius 1 is 1.23 bits per heavy atom. The van der Waals surface area contributed by atoms with Gasteiger partial charge in [-0.05, 0) is 73.6 Å². The fourth-order valence-corrected chi connectivity index (χ4v) is 4.36. The molecule has 2 aromatic heterocycles. The SMILES string of the molecule is COc1ccc(Cl)cc1-n1c(C)cc(/C=C(\C#N)Sc2nc3ccccc3[nH]2)c1C. The number of hydrogen-bond acceptors (Lipinski definition) is 4. The fraction of sp³-hybridized carbons (Fsp3) is 0.130. The van der Waals surface area contributed by atoms with Gasteiger partial charge in [-0.15, -0.1) is 0 Å². The van der Waals surface area contributed by atoms with Crippen molar-refractivity contribution < 1.29 is 4.74 Å². The van der Waals surface area contributed by atoms with Gasteiger partial charge in [0.2, 0.25) is 0 Å². The van der Waals surface area contributed by atoms with Crippen LogP contribution in [0.3, 0.4) is 0 Å². The summed E-state index contributed by atoms with van der Waals surface area (Å²) >= 11 is 7.55. The van der Waals surface area contributed by atoms with Gasteiger partial charge >= 0.3 is 0 Å². The summed E-state index contributed by atoms with van der Waals surface area (Å²) in [6.45, 7) is 4.03. The Balaban J connectivity index is 1.72. The number of aryl methyl sites for hydroxylation is 1. The number of aromatic amines is 1. The standard InChI is InChI=1S/C23H19ClN4OS/c1-14-10-16(15(2)28(14)21-12-17(24)8-9-22(21)29-3)11-18(13-25)30-23-26-19-6-4-5-7-20(19)27-23/h4-12H,1-3H3,(H,26,27)/b18-11+. The number of methoxy groups -OCH3 is 1. The summed E-state index contributed by atoms with van der Waals surface area (Å²) in [7, 11) is 1.64. The summed E-state index contributed by atoms with van der Waals surface area (Å²) in [6, 6.07) is 17.7. The number of rotatable bonds is 5. The predicted molar refractivity (Wildman–Crippen MR) is 122 cm³/mol. The number of nitrogens with one attached hydrogen (secondary N) is 1. The molecule has 0 fully saturated rings. The van der Waals surface area contributed by atoms with Crippen LogP contribution in [0.5, 0.6) is 5.75 Å². The fourth-order valence-electron chi connectivity index (χ4n) is 3.45. The van der Waals surface area contributed by atoms with E-state index in [1.807, 2.05) is 62.4 Å². The van der Waals surface area contributed by atoms with E-state index < -0.39 is 0 Å². The molecule has 7 heteroatoms. The molecule has 0 saturated carbocycles. The second-order valence-electron chi connectivity index (χ2n) is 6.76. The van der Waals surface area contributed by atoms with Gasteiger partial charge in [-0.1, -0.05) is 23.7 Å². The van der Waals surface area contributed by atoms with Crippen LogP contribution in [0, 0.1) is 25.2 Å². The highest BCUT2D eigenvalue weighted by Crippen LogP contribution is 2.33. The largest absolute Gasteiger partial charge is 0.495 e. The number of hydrogen-bond donors (Lipinski definition) is 1. The number of fused-ring (bicyclic) bond motifs is 1. The number of allylic oxidation sites excluding steroid dienone is 1. The first-order valence-corrected chi connectivity index (χ1v) is 10.5. The molecule has 0 aliphatic rings. The van der Waals surface area contributed by atoms with Gasteiger partial charge in [-0.3, -0.25) is 0 Å². The van der Waals surface area contributed by atoms with Crippen LogP contribution in [0.1, 0.15) is 17.0 Å². The second kappa shape index (κ2) is 8.31. The van der Waals surface area contributed by atoms with Crippen LogP contribution >= 0.6 is 23.4 Å². The van der Waals surface area contributed by atoms with Crippen molar-refractivity contribution in [3.63, 3.8) is 0 Å². The van der Waals surface area contributed by atoms with Crippen molar-refractivity contribution in [2.24, 2.45) is 0 Å². The van der Waals surface area contributed by atoms with E-state index in [2.05, 4.69) is 20.6 Å². The van der Waals surface area contributed by atoms with Gasteiger partial charge < -0.3 is 14.3 Å². The molecule has 30 heavy (non-hydrogen) atoms. The Kier molecular flexibility index (Phi) is 5.58. The van der Waals surface area contributed by atoms with Crippen molar-refractivity contribution in [2.45, 2.75) is 19.0 Å². The van der Waals surface area contributed by atoms with Crippen LogP contribution in [0.25, 0.3) is 22.8 Å². The number of halogens is 1. The van der Waals surface area contributed by atoms with E-state index in [9.17, 15) is 5.26 Å². The van der Waals surface area contributed by atoms with Crippen molar-refractivity contribution in [3.8, 4) is 17.5 Å². The number of H-pyrrole nitrogens is 1. The van der Waals surface area contributed by atoms with Gasteiger partial charge in [0.05, 0.1) is 28.7 Å². The normalized spacial score (nSPS) is 11.6. The van der Waals surface area contributed by atoms with E-state index in [-0.39, 0.29) is 0 Å². The second-order valence-corrected chi connectivity index (χ2v) is 8.23. The van der Waals surface area contributed by atoms with E-state index >= 15 is 0 Å². The highest BCUT2D eigenvalue weighted by atomic mass is 35.5. The topological polar surface area (TPSA) is 66.6 Å². The van der Waals surface area contributed by atoms with E-state index in [1.165, 1.54) is 11.8 Å². The number of thioether (sulfide) groups is 1. The summed E-state index contributed by atoms with van der Waals surface area (Å²) in [5, 5.41) is 11.0.